The highest BCUT2D eigenvalue weighted by Crippen LogP contribution is 2.26. The van der Waals surface area contributed by atoms with Crippen molar-refractivity contribution in [3.05, 3.63) is 35.8 Å². The molecule has 0 bridgehead atoms. The molecule has 0 spiro atoms. The lowest BCUT2D eigenvalue weighted by Gasteiger charge is -2.07. The maximum atomic E-state index is 14.0. The molecule has 0 fully saturated rings. The predicted molar refractivity (Wildman–Crippen MR) is 76.0 cm³/mol. The Balaban J connectivity index is 2.21. The average molecular weight is 315 g/mol. The van der Waals surface area contributed by atoms with Crippen LogP contribution >= 0.6 is 0 Å². The van der Waals surface area contributed by atoms with Crippen LogP contribution in [0.3, 0.4) is 0 Å². The van der Waals surface area contributed by atoms with Gasteiger partial charge in [0.15, 0.2) is 5.82 Å². The highest BCUT2D eigenvalue weighted by atomic mass is 32.3. The molecule has 1 aromatic heterocycles. The third-order valence-corrected chi connectivity index (χ3v) is 3.96. The summed E-state index contributed by atoms with van der Waals surface area (Å²) in [5, 5.41) is 3.54. The minimum atomic E-state index is -3.82. The monoisotopic (exact) mass is 315 g/mol. The van der Waals surface area contributed by atoms with Gasteiger partial charge in [0, 0.05) is 18.2 Å². The largest absolute Gasteiger partial charge is 0.493 e. The van der Waals surface area contributed by atoms with Gasteiger partial charge in [0.1, 0.15) is 11.5 Å². The molecule has 21 heavy (non-hydrogen) atoms. The zero-order valence-electron chi connectivity index (χ0n) is 11.6. The second-order valence-electron chi connectivity index (χ2n) is 4.39. The van der Waals surface area contributed by atoms with Crippen LogP contribution in [-0.2, 0) is 14.6 Å². The number of hydrogen-bond donors (Lipinski definition) is 2. The van der Waals surface area contributed by atoms with Crippen molar-refractivity contribution in [1.29, 1.82) is 0 Å². The third kappa shape index (κ3) is 3.79. The van der Waals surface area contributed by atoms with E-state index in [2.05, 4.69) is 9.88 Å². The number of aryl methyl sites for hydroxylation is 1. The number of nitrogens with zero attached hydrogens (tertiary/aromatic N) is 1. The van der Waals surface area contributed by atoms with Gasteiger partial charge in [-0.25, -0.2) is 4.39 Å². The van der Waals surface area contributed by atoms with Crippen molar-refractivity contribution in [3.63, 3.8) is 0 Å². The fourth-order valence-corrected chi connectivity index (χ4v) is 2.69. The van der Waals surface area contributed by atoms with Gasteiger partial charge in [0.2, 0.25) is 5.82 Å². The summed E-state index contributed by atoms with van der Waals surface area (Å²) >= 11 is 0. The molecule has 1 heterocycles. The Morgan fingerprint density at radius 1 is 1.48 bits per heavy atom. The van der Waals surface area contributed by atoms with Crippen molar-refractivity contribution < 1.29 is 22.4 Å². The lowest BCUT2D eigenvalue weighted by atomic mass is 10.3. The van der Waals surface area contributed by atoms with Gasteiger partial charge in [0.05, 0.1) is 6.61 Å². The number of aromatic nitrogens is 1. The van der Waals surface area contributed by atoms with Crippen LogP contribution in [0.1, 0.15) is 19.1 Å². The molecule has 2 N–H and O–H groups in total. The topological polar surface area (TPSA) is 84.6 Å². The van der Waals surface area contributed by atoms with Crippen molar-refractivity contribution in [2.75, 3.05) is 11.3 Å². The molecule has 0 amide bonds. The SMILES string of the molecule is CCCOc1ccc([S+](=O)(O)Nc2cc(C)on2)c(F)c1. The van der Waals surface area contributed by atoms with Crippen LogP contribution in [-0.4, -0.2) is 16.3 Å². The molecule has 0 aliphatic heterocycles. The zero-order valence-corrected chi connectivity index (χ0v) is 12.4. The quantitative estimate of drug-likeness (QED) is 0.799. The molecule has 2 aromatic rings. The smallest absolute Gasteiger partial charge is 0.350 e. The summed E-state index contributed by atoms with van der Waals surface area (Å²) in [5.74, 6) is 0.0107. The van der Waals surface area contributed by atoms with Crippen LogP contribution in [0.5, 0.6) is 5.75 Å². The van der Waals surface area contributed by atoms with Crippen LogP contribution in [0, 0.1) is 12.7 Å². The summed E-state index contributed by atoms with van der Waals surface area (Å²) in [6.07, 6.45) is 0.785. The van der Waals surface area contributed by atoms with Crippen LogP contribution in [0.2, 0.25) is 0 Å². The summed E-state index contributed by atoms with van der Waals surface area (Å²) in [7, 11) is -3.82. The molecular weight excluding hydrogens is 299 g/mol. The maximum Gasteiger partial charge on any atom is 0.350 e. The highest BCUT2D eigenvalue weighted by molar-refractivity contribution is 7.99. The molecule has 1 aromatic carbocycles. The predicted octanol–water partition coefficient (Wildman–Crippen LogP) is 3.27. The Labute approximate surface area is 122 Å². The van der Waals surface area contributed by atoms with Crippen molar-refractivity contribution in [2.24, 2.45) is 0 Å². The molecule has 0 saturated carbocycles. The Morgan fingerprint density at radius 2 is 2.24 bits per heavy atom. The first-order valence-electron chi connectivity index (χ1n) is 6.32. The number of ether oxygens (including phenoxy) is 1. The first kappa shape index (κ1) is 15.5. The van der Waals surface area contributed by atoms with Crippen LogP contribution in [0.15, 0.2) is 33.7 Å². The number of nitrogens with one attached hydrogen (secondary N) is 1. The Morgan fingerprint density at radius 3 is 2.81 bits per heavy atom. The van der Waals surface area contributed by atoms with E-state index in [0.717, 1.165) is 12.5 Å². The summed E-state index contributed by atoms with van der Waals surface area (Å²) < 4.78 is 48.4. The Hall–Kier alpha value is -1.93. The van der Waals surface area contributed by atoms with Gasteiger partial charge in [-0.15, -0.1) is 0 Å². The zero-order chi connectivity index (χ0) is 15.5. The Bertz CT molecular complexity index is 674. The summed E-state index contributed by atoms with van der Waals surface area (Å²) in [4.78, 5) is -0.369. The van der Waals surface area contributed by atoms with Gasteiger partial charge >= 0.3 is 10.4 Å². The van der Waals surface area contributed by atoms with Crippen molar-refractivity contribution in [1.82, 2.24) is 5.16 Å². The molecule has 0 aliphatic carbocycles. The second kappa shape index (κ2) is 6.23. The number of anilines is 1. The van der Waals surface area contributed by atoms with E-state index in [9.17, 15) is 13.2 Å². The summed E-state index contributed by atoms with van der Waals surface area (Å²) in [5.41, 5.74) is 0. The van der Waals surface area contributed by atoms with Crippen LogP contribution < -0.4 is 9.46 Å². The molecule has 6 nitrogen and oxygen atoms in total. The third-order valence-electron chi connectivity index (χ3n) is 2.55. The first-order valence-corrected chi connectivity index (χ1v) is 7.84. The molecular formula is C13H16FN2O4S+. The molecule has 0 aliphatic rings. The minimum absolute atomic E-state index is 0.0608. The number of hydrogen-bond acceptors (Lipinski definition) is 4. The van der Waals surface area contributed by atoms with Crippen molar-refractivity contribution >= 4 is 16.2 Å². The molecule has 2 rings (SSSR count). The van der Waals surface area contributed by atoms with Gasteiger partial charge < -0.3 is 9.26 Å². The lowest BCUT2D eigenvalue weighted by molar-refractivity contribution is 0.315. The van der Waals surface area contributed by atoms with E-state index < -0.39 is 16.2 Å². The molecule has 1 unspecified atom stereocenters. The van der Waals surface area contributed by atoms with Crippen LogP contribution in [0.4, 0.5) is 10.2 Å². The van der Waals surface area contributed by atoms with Crippen LogP contribution in [0.25, 0.3) is 0 Å². The van der Waals surface area contributed by atoms with E-state index in [-0.39, 0.29) is 10.7 Å². The second-order valence-corrected chi connectivity index (χ2v) is 6.09. The molecule has 0 saturated heterocycles. The first-order chi connectivity index (χ1) is 9.92. The highest BCUT2D eigenvalue weighted by Gasteiger charge is 2.34. The Kier molecular flexibility index (Phi) is 4.59. The van der Waals surface area contributed by atoms with Gasteiger partial charge in [-0.05, 0) is 23.6 Å². The van der Waals surface area contributed by atoms with E-state index >= 15 is 0 Å². The van der Waals surface area contributed by atoms with Gasteiger partial charge in [-0.2, -0.15) is 9.27 Å². The molecule has 8 heteroatoms. The van der Waals surface area contributed by atoms with E-state index in [0.29, 0.717) is 18.1 Å². The molecule has 1 atom stereocenters. The fourth-order valence-electron chi connectivity index (χ4n) is 1.63. The standard InChI is InChI=1S/C13H15FN2O4S/c1-3-6-19-10-4-5-12(11(14)8-10)21(17,18)16-13-7-9(2)20-15-13/h4-5,7-8H,3,6H2,1-2H3,(H-,15,16,17,18)/p+1. The lowest BCUT2D eigenvalue weighted by Crippen LogP contribution is -2.22. The minimum Gasteiger partial charge on any atom is -0.493 e. The normalized spacial score (nSPS) is 13.7. The van der Waals surface area contributed by atoms with Gasteiger partial charge in [-0.3, -0.25) is 0 Å². The van der Waals surface area contributed by atoms with Crippen molar-refractivity contribution in [2.45, 2.75) is 25.2 Å². The van der Waals surface area contributed by atoms with E-state index in [4.69, 9.17) is 9.26 Å². The average Bonchev–Trinajstić information content (AvgIpc) is 2.80. The summed E-state index contributed by atoms with van der Waals surface area (Å²) in [6.45, 7) is 4.01. The maximum absolute atomic E-state index is 14.0. The van der Waals surface area contributed by atoms with E-state index in [1.807, 2.05) is 6.92 Å². The van der Waals surface area contributed by atoms with Gasteiger partial charge in [-0.1, -0.05) is 12.1 Å². The summed E-state index contributed by atoms with van der Waals surface area (Å²) in [6, 6.07) is 5.17. The van der Waals surface area contributed by atoms with E-state index in [1.165, 1.54) is 18.2 Å². The molecule has 114 valence electrons. The van der Waals surface area contributed by atoms with Gasteiger partial charge in [0.25, 0.3) is 4.90 Å². The number of rotatable bonds is 6. The number of benzene rings is 1. The molecule has 0 radical (unpaired) electrons. The van der Waals surface area contributed by atoms with E-state index in [1.54, 1.807) is 6.92 Å². The fraction of sp³-hybridized carbons (Fsp3) is 0.308. The van der Waals surface area contributed by atoms with Crippen molar-refractivity contribution in [3.8, 4) is 5.75 Å². The number of halogens is 1.